The highest BCUT2D eigenvalue weighted by Gasteiger charge is 2.46. The minimum absolute atomic E-state index is 0.217. The molecule has 0 aromatic heterocycles. The third-order valence-corrected chi connectivity index (χ3v) is 3.79. The van der Waals surface area contributed by atoms with E-state index in [9.17, 15) is 0 Å². The molecular weight excluding hydrogens is 218 g/mol. The van der Waals surface area contributed by atoms with E-state index < -0.39 is 0 Å². The van der Waals surface area contributed by atoms with Crippen molar-refractivity contribution in [1.82, 2.24) is 0 Å². The summed E-state index contributed by atoms with van der Waals surface area (Å²) in [6, 6.07) is 0. The van der Waals surface area contributed by atoms with Crippen LogP contribution in [0.2, 0.25) is 0 Å². The topological polar surface area (TPSA) is 21.6 Å². The van der Waals surface area contributed by atoms with Crippen LogP contribution in [0.25, 0.3) is 0 Å². The second kappa shape index (κ2) is 4.44. The number of nitrogens with zero attached hydrogens (tertiary/aromatic N) is 1. The summed E-state index contributed by atoms with van der Waals surface area (Å²) >= 11 is 1.93. The minimum atomic E-state index is 0.217. The Labute approximate surface area is 103 Å². The third-order valence-electron chi connectivity index (χ3n) is 2.76. The van der Waals surface area contributed by atoms with Crippen molar-refractivity contribution >= 4 is 17.7 Å². The number of allylic oxidation sites excluding steroid dienone is 1. The van der Waals surface area contributed by atoms with E-state index in [2.05, 4.69) is 32.7 Å². The van der Waals surface area contributed by atoms with Gasteiger partial charge in [-0.15, -0.1) is 11.8 Å². The molecule has 1 aliphatic carbocycles. The number of hydrogen-bond acceptors (Lipinski definition) is 3. The lowest BCUT2D eigenvalue weighted by Crippen LogP contribution is -2.20. The van der Waals surface area contributed by atoms with Gasteiger partial charge in [0.2, 0.25) is 0 Å². The van der Waals surface area contributed by atoms with E-state index >= 15 is 0 Å². The Balaban J connectivity index is 1.93. The van der Waals surface area contributed by atoms with Crippen molar-refractivity contribution in [3.8, 4) is 0 Å². The van der Waals surface area contributed by atoms with Crippen LogP contribution in [0.1, 0.15) is 34.1 Å². The van der Waals surface area contributed by atoms with Gasteiger partial charge in [-0.2, -0.15) is 0 Å². The molecule has 0 aromatic rings. The maximum atomic E-state index is 5.82. The quantitative estimate of drug-likeness (QED) is 0.749. The lowest BCUT2D eigenvalue weighted by Gasteiger charge is -2.20. The highest BCUT2D eigenvalue weighted by molar-refractivity contribution is 8.03. The van der Waals surface area contributed by atoms with Gasteiger partial charge in [-0.25, -0.2) is 4.99 Å². The maximum Gasteiger partial charge on any atom is 0.191 e. The van der Waals surface area contributed by atoms with E-state index in [0.717, 1.165) is 24.2 Å². The number of fused-ring (bicyclic) bond motifs is 1. The molecule has 0 amide bonds. The highest BCUT2D eigenvalue weighted by atomic mass is 32.2. The zero-order valence-corrected chi connectivity index (χ0v) is 11.4. The fraction of sp³-hybridized carbons (Fsp3) is 0.769. The summed E-state index contributed by atoms with van der Waals surface area (Å²) in [7, 11) is 0. The van der Waals surface area contributed by atoms with Crippen LogP contribution in [0.4, 0.5) is 0 Å². The van der Waals surface area contributed by atoms with Crippen LogP contribution in [0, 0.1) is 17.3 Å². The molecule has 1 aliphatic heterocycles. The molecule has 1 saturated carbocycles. The molecule has 0 spiro atoms. The molecule has 1 heterocycles. The SMILES string of the molecule is CCSC1=CN=C(OCC(C)(C)C)C2CC12. The Bertz CT molecular complexity index is 327. The molecule has 0 bridgehead atoms. The minimum Gasteiger partial charge on any atom is -0.480 e. The number of ether oxygens (including phenoxy) is 1. The van der Waals surface area contributed by atoms with Crippen molar-refractivity contribution < 1.29 is 4.74 Å². The number of thioether (sulfide) groups is 1. The Morgan fingerprint density at radius 1 is 1.44 bits per heavy atom. The van der Waals surface area contributed by atoms with Gasteiger partial charge >= 0.3 is 0 Å². The molecule has 0 aromatic carbocycles. The Kier molecular flexibility index (Phi) is 3.34. The number of hydrogen-bond donors (Lipinski definition) is 0. The molecule has 2 aliphatic rings. The fourth-order valence-corrected chi connectivity index (χ4v) is 2.78. The van der Waals surface area contributed by atoms with Crippen molar-refractivity contribution in [1.29, 1.82) is 0 Å². The summed E-state index contributed by atoms with van der Waals surface area (Å²) in [6.07, 6.45) is 3.25. The first-order chi connectivity index (χ1) is 7.51. The molecule has 0 N–H and O–H groups in total. The highest BCUT2D eigenvalue weighted by Crippen LogP contribution is 2.51. The molecule has 2 nitrogen and oxygen atoms in total. The standard InChI is InChI=1S/C13H21NOS/c1-5-16-11-7-14-12(10-6-9(10)11)15-8-13(2,3)4/h7,9-10H,5-6,8H2,1-4H3. The molecule has 0 radical (unpaired) electrons. The van der Waals surface area contributed by atoms with Crippen molar-refractivity contribution in [3.05, 3.63) is 11.1 Å². The fourth-order valence-electron chi connectivity index (χ4n) is 1.85. The Morgan fingerprint density at radius 2 is 2.19 bits per heavy atom. The first-order valence-corrected chi connectivity index (χ1v) is 7.03. The third kappa shape index (κ3) is 2.82. The largest absolute Gasteiger partial charge is 0.480 e. The average molecular weight is 239 g/mol. The zero-order valence-electron chi connectivity index (χ0n) is 10.6. The van der Waals surface area contributed by atoms with Gasteiger partial charge in [0, 0.05) is 22.9 Å². The van der Waals surface area contributed by atoms with Crippen molar-refractivity contribution in [2.24, 2.45) is 22.2 Å². The van der Waals surface area contributed by atoms with E-state index in [-0.39, 0.29) is 5.41 Å². The van der Waals surface area contributed by atoms with Gasteiger partial charge in [0.05, 0.1) is 6.61 Å². The molecule has 16 heavy (non-hydrogen) atoms. The van der Waals surface area contributed by atoms with Crippen molar-refractivity contribution in [2.45, 2.75) is 34.1 Å². The molecule has 2 rings (SSSR count). The lowest BCUT2D eigenvalue weighted by atomic mass is 9.99. The second-order valence-electron chi connectivity index (χ2n) is 5.73. The summed E-state index contributed by atoms with van der Waals surface area (Å²) < 4.78 is 5.82. The summed E-state index contributed by atoms with van der Waals surface area (Å²) in [5.41, 5.74) is 0.217. The normalized spacial score (nSPS) is 28.0. The zero-order chi connectivity index (χ0) is 11.8. The molecule has 2 unspecified atom stereocenters. The van der Waals surface area contributed by atoms with Gasteiger partial charge in [-0.3, -0.25) is 0 Å². The van der Waals surface area contributed by atoms with Crippen LogP contribution < -0.4 is 0 Å². The molecule has 2 atom stereocenters. The van der Waals surface area contributed by atoms with Crippen molar-refractivity contribution in [2.75, 3.05) is 12.4 Å². The Hall–Kier alpha value is -0.440. The second-order valence-corrected chi connectivity index (χ2v) is 7.07. The number of rotatable bonds is 3. The molecule has 90 valence electrons. The summed E-state index contributed by atoms with van der Waals surface area (Å²) in [5, 5.41) is 0. The lowest BCUT2D eigenvalue weighted by molar-refractivity contribution is 0.180. The van der Waals surface area contributed by atoms with Crippen LogP contribution in [-0.2, 0) is 4.74 Å². The number of aliphatic imine (C=N–C) groups is 1. The first-order valence-electron chi connectivity index (χ1n) is 6.04. The van der Waals surface area contributed by atoms with Crippen LogP contribution in [0.5, 0.6) is 0 Å². The first kappa shape index (κ1) is 12.0. The predicted molar refractivity (Wildman–Crippen MR) is 70.7 cm³/mol. The Morgan fingerprint density at radius 3 is 2.81 bits per heavy atom. The smallest absolute Gasteiger partial charge is 0.191 e. The average Bonchev–Trinajstić information content (AvgIpc) is 2.95. The summed E-state index contributed by atoms with van der Waals surface area (Å²) in [4.78, 5) is 5.92. The van der Waals surface area contributed by atoms with Gasteiger partial charge in [0.15, 0.2) is 5.90 Å². The van der Waals surface area contributed by atoms with E-state index in [1.54, 1.807) is 0 Å². The van der Waals surface area contributed by atoms with Gasteiger partial charge in [-0.1, -0.05) is 27.7 Å². The summed E-state index contributed by atoms with van der Waals surface area (Å²) in [5.74, 6) is 3.42. The van der Waals surface area contributed by atoms with Gasteiger partial charge in [-0.05, 0) is 17.6 Å². The van der Waals surface area contributed by atoms with Gasteiger partial charge in [0.1, 0.15) is 0 Å². The molecule has 0 saturated heterocycles. The van der Waals surface area contributed by atoms with Crippen LogP contribution in [0.15, 0.2) is 16.1 Å². The van der Waals surface area contributed by atoms with Crippen LogP contribution in [-0.4, -0.2) is 18.3 Å². The maximum absolute atomic E-state index is 5.82. The van der Waals surface area contributed by atoms with E-state index in [1.165, 1.54) is 11.3 Å². The van der Waals surface area contributed by atoms with Crippen molar-refractivity contribution in [3.63, 3.8) is 0 Å². The van der Waals surface area contributed by atoms with Crippen LogP contribution in [0.3, 0.4) is 0 Å². The van der Waals surface area contributed by atoms with E-state index in [0.29, 0.717) is 5.92 Å². The van der Waals surface area contributed by atoms with Gasteiger partial charge < -0.3 is 4.74 Å². The van der Waals surface area contributed by atoms with Gasteiger partial charge in [0.25, 0.3) is 0 Å². The predicted octanol–water partition coefficient (Wildman–Crippen LogP) is 3.69. The summed E-state index contributed by atoms with van der Waals surface area (Å²) in [6.45, 7) is 9.52. The van der Waals surface area contributed by atoms with E-state index in [4.69, 9.17) is 4.74 Å². The van der Waals surface area contributed by atoms with E-state index in [1.807, 2.05) is 18.0 Å². The molecular formula is C13H21NOS. The van der Waals surface area contributed by atoms with Crippen LogP contribution >= 0.6 is 11.8 Å². The monoisotopic (exact) mass is 239 g/mol. The molecule has 1 fully saturated rings. The molecule has 3 heteroatoms.